The van der Waals surface area contributed by atoms with Crippen molar-refractivity contribution in [2.24, 2.45) is 0 Å². The molecule has 0 amide bonds. The molecule has 0 aliphatic rings. The zero-order chi connectivity index (χ0) is 11.1. The molecule has 0 saturated carbocycles. The lowest BCUT2D eigenvalue weighted by atomic mass is 10.1. The molecule has 0 aliphatic heterocycles. The minimum atomic E-state index is 0.157. The van der Waals surface area contributed by atoms with Gasteiger partial charge in [0.2, 0.25) is 0 Å². The molecule has 15 heavy (non-hydrogen) atoms. The van der Waals surface area contributed by atoms with Gasteiger partial charge in [-0.2, -0.15) is 0 Å². The number of rotatable bonds is 6. The normalized spacial score (nSPS) is 12.7. The van der Waals surface area contributed by atoms with E-state index in [0.29, 0.717) is 13.2 Å². The fourth-order valence-corrected chi connectivity index (χ4v) is 1.34. The number of aryl methyl sites for hydroxylation is 1. The third-order valence-corrected chi connectivity index (χ3v) is 2.34. The largest absolute Gasteiger partial charge is 0.379 e. The van der Waals surface area contributed by atoms with Gasteiger partial charge in [-0.25, -0.2) is 0 Å². The van der Waals surface area contributed by atoms with Crippen LogP contribution in [0.1, 0.15) is 25.0 Å². The zero-order valence-electron chi connectivity index (χ0n) is 9.82. The van der Waals surface area contributed by atoms with Gasteiger partial charge in [-0.15, -0.1) is 0 Å². The number of ether oxygens (including phenoxy) is 2. The van der Waals surface area contributed by atoms with E-state index in [-0.39, 0.29) is 6.10 Å². The van der Waals surface area contributed by atoms with Gasteiger partial charge in [-0.1, -0.05) is 24.3 Å². The van der Waals surface area contributed by atoms with Crippen LogP contribution in [0.15, 0.2) is 24.3 Å². The summed E-state index contributed by atoms with van der Waals surface area (Å²) in [5.41, 5.74) is 2.53. The van der Waals surface area contributed by atoms with Gasteiger partial charge in [0.15, 0.2) is 0 Å². The molecule has 0 saturated heterocycles. The van der Waals surface area contributed by atoms with E-state index in [0.717, 1.165) is 6.61 Å². The third-order valence-electron chi connectivity index (χ3n) is 2.34. The van der Waals surface area contributed by atoms with Crippen molar-refractivity contribution in [3.8, 4) is 0 Å². The average molecular weight is 208 g/mol. The van der Waals surface area contributed by atoms with Crippen LogP contribution >= 0.6 is 0 Å². The molecule has 84 valence electrons. The highest BCUT2D eigenvalue weighted by molar-refractivity contribution is 5.24. The smallest absolute Gasteiger partial charge is 0.0785 e. The van der Waals surface area contributed by atoms with Crippen LogP contribution in [0.3, 0.4) is 0 Å². The van der Waals surface area contributed by atoms with Crippen molar-refractivity contribution < 1.29 is 9.47 Å². The summed E-state index contributed by atoms with van der Waals surface area (Å²) < 4.78 is 11.0. The van der Waals surface area contributed by atoms with Gasteiger partial charge in [0.1, 0.15) is 0 Å². The van der Waals surface area contributed by atoms with E-state index in [9.17, 15) is 0 Å². The highest BCUT2D eigenvalue weighted by Gasteiger charge is 2.03. The average Bonchev–Trinajstić information content (AvgIpc) is 2.25. The molecule has 1 aromatic carbocycles. The Morgan fingerprint density at radius 3 is 2.67 bits per heavy atom. The highest BCUT2D eigenvalue weighted by Crippen LogP contribution is 2.09. The molecule has 1 aromatic rings. The molecule has 0 N–H and O–H groups in total. The van der Waals surface area contributed by atoms with E-state index in [4.69, 9.17) is 9.47 Å². The van der Waals surface area contributed by atoms with Gasteiger partial charge in [0.05, 0.1) is 19.3 Å². The van der Waals surface area contributed by atoms with Crippen LogP contribution in [0, 0.1) is 6.92 Å². The second-order valence-corrected chi connectivity index (χ2v) is 3.71. The lowest BCUT2D eigenvalue weighted by Gasteiger charge is -2.13. The van der Waals surface area contributed by atoms with Crippen molar-refractivity contribution in [1.82, 2.24) is 0 Å². The molecule has 0 bridgehead atoms. The number of hydrogen-bond acceptors (Lipinski definition) is 2. The highest BCUT2D eigenvalue weighted by atomic mass is 16.5. The molecule has 1 atom stereocenters. The summed E-state index contributed by atoms with van der Waals surface area (Å²) in [5, 5.41) is 0. The van der Waals surface area contributed by atoms with Crippen molar-refractivity contribution in [3.05, 3.63) is 35.4 Å². The first kappa shape index (κ1) is 12.2. The second-order valence-electron chi connectivity index (χ2n) is 3.71. The summed E-state index contributed by atoms with van der Waals surface area (Å²) in [6.45, 7) is 8.22. The predicted octanol–water partition coefficient (Wildman–Crippen LogP) is 2.94. The standard InChI is InChI=1S/C13H20O2/c1-4-14-9-12(3)15-10-13-8-6-5-7-11(13)2/h5-8,12H,4,9-10H2,1-3H3. The Bertz CT molecular complexity index is 284. The van der Waals surface area contributed by atoms with E-state index in [1.54, 1.807) is 0 Å². The summed E-state index contributed by atoms with van der Waals surface area (Å²) in [5.74, 6) is 0. The third kappa shape index (κ3) is 4.45. The minimum absolute atomic E-state index is 0.157. The Morgan fingerprint density at radius 2 is 2.00 bits per heavy atom. The van der Waals surface area contributed by atoms with Gasteiger partial charge in [0, 0.05) is 6.61 Å². The fraction of sp³-hybridized carbons (Fsp3) is 0.538. The van der Waals surface area contributed by atoms with Crippen LogP contribution in [0.25, 0.3) is 0 Å². The molecule has 2 nitrogen and oxygen atoms in total. The van der Waals surface area contributed by atoms with Gasteiger partial charge in [-0.3, -0.25) is 0 Å². The zero-order valence-corrected chi connectivity index (χ0v) is 9.82. The lowest BCUT2D eigenvalue weighted by molar-refractivity contribution is -0.0118. The maximum absolute atomic E-state index is 5.69. The lowest BCUT2D eigenvalue weighted by Crippen LogP contribution is -2.16. The molecular formula is C13H20O2. The molecule has 0 spiro atoms. The second kappa shape index (κ2) is 6.59. The number of hydrogen-bond donors (Lipinski definition) is 0. The number of benzene rings is 1. The molecule has 0 heterocycles. The Balaban J connectivity index is 2.33. The van der Waals surface area contributed by atoms with Crippen molar-refractivity contribution in [1.29, 1.82) is 0 Å². The quantitative estimate of drug-likeness (QED) is 0.715. The Labute approximate surface area is 92.2 Å². The van der Waals surface area contributed by atoms with Crippen LogP contribution in [0.5, 0.6) is 0 Å². The summed E-state index contributed by atoms with van der Waals surface area (Å²) in [6, 6.07) is 8.29. The maximum Gasteiger partial charge on any atom is 0.0785 e. The van der Waals surface area contributed by atoms with Crippen LogP contribution < -0.4 is 0 Å². The fourth-order valence-electron chi connectivity index (χ4n) is 1.34. The van der Waals surface area contributed by atoms with Crippen LogP contribution in [0.2, 0.25) is 0 Å². The topological polar surface area (TPSA) is 18.5 Å². The molecular weight excluding hydrogens is 188 g/mol. The SMILES string of the molecule is CCOCC(C)OCc1ccccc1C. The van der Waals surface area contributed by atoms with Gasteiger partial charge in [0.25, 0.3) is 0 Å². The first-order valence-electron chi connectivity index (χ1n) is 5.48. The molecule has 2 heteroatoms. The Hall–Kier alpha value is -0.860. The molecule has 0 aliphatic carbocycles. The van der Waals surface area contributed by atoms with Crippen LogP contribution in [-0.4, -0.2) is 19.3 Å². The van der Waals surface area contributed by atoms with E-state index in [2.05, 4.69) is 19.1 Å². The van der Waals surface area contributed by atoms with Gasteiger partial charge in [-0.05, 0) is 31.9 Å². The van der Waals surface area contributed by atoms with Crippen molar-refractivity contribution >= 4 is 0 Å². The molecule has 1 unspecified atom stereocenters. The molecule has 0 aromatic heterocycles. The monoisotopic (exact) mass is 208 g/mol. The van der Waals surface area contributed by atoms with Crippen LogP contribution in [0.4, 0.5) is 0 Å². The van der Waals surface area contributed by atoms with Gasteiger partial charge < -0.3 is 9.47 Å². The van der Waals surface area contributed by atoms with E-state index in [1.165, 1.54) is 11.1 Å². The van der Waals surface area contributed by atoms with Gasteiger partial charge >= 0.3 is 0 Å². The Morgan fingerprint density at radius 1 is 1.27 bits per heavy atom. The Kier molecular flexibility index (Phi) is 5.37. The van der Waals surface area contributed by atoms with Crippen molar-refractivity contribution in [2.75, 3.05) is 13.2 Å². The molecule has 0 radical (unpaired) electrons. The summed E-state index contributed by atoms with van der Waals surface area (Å²) in [4.78, 5) is 0. The van der Waals surface area contributed by atoms with E-state index >= 15 is 0 Å². The first-order chi connectivity index (χ1) is 7.24. The van der Waals surface area contributed by atoms with Crippen molar-refractivity contribution in [2.45, 2.75) is 33.5 Å². The molecule has 1 rings (SSSR count). The minimum Gasteiger partial charge on any atom is -0.379 e. The maximum atomic E-state index is 5.69. The van der Waals surface area contributed by atoms with E-state index in [1.807, 2.05) is 26.0 Å². The van der Waals surface area contributed by atoms with E-state index < -0.39 is 0 Å². The predicted molar refractivity (Wildman–Crippen MR) is 61.9 cm³/mol. The van der Waals surface area contributed by atoms with Crippen LogP contribution in [-0.2, 0) is 16.1 Å². The van der Waals surface area contributed by atoms with Crippen molar-refractivity contribution in [3.63, 3.8) is 0 Å². The summed E-state index contributed by atoms with van der Waals surface area (Å²) in [7, 11) is 0. The first-order valence-corrected chi connectivity index (χ1v) is 5.48. The molecule has 0 fully saturated rings. The summed E-state index contributed by atoms with van der Waals surface area (Å²) >= 11 is 0. The summed E-state index contributed by atoms with van der Waals surface area (Å²) in [6.07, 6.45) is 0.157.